The average molecular weight is 495 g/mol. The lowest BCUT2D eigenvalue weighted by Crippen LogP contribution is -2.44. The second-order valence-corrected chi connectivity index (χ2v) is 6.77. The summed E-state index contributed by atoms with van der Waals surface area (Å²) in [5.74, 6) is 1.44. The zero-order valence-corrected chi connectivity index (χ0v) is 18.9. The average Bonchev–Trinajstić information content (AvgIpc) is 3.16. The van der Waals surface area contributed by atoms with E-state index in [0.29, 0.717) is 18.5 Å². The molecule has 2 heterocycles. The van der Waals surface area contributed by atoms with Crippen molar-refractivity contribution in [2.45, 2.75) is 32.0 Å². The van der Waals surface area contributed by atoms with Crippen molar-refractivity contribution in [3.8, 4) is 5.88 Å². The number of likely N-dealkylation sites (tertiary alicyclic amines) is 1. The van der Waals surface area contributed by atoms with Crippen LogP contribution in [0.25, 0.3) is 0 Å². The van der Waals surface area contributed by atoms with Crippen LogP contribution in [0.15, 0.2) is 53.7 Å². The molecule has 0 saturated carbocycles. The number of nitrogens with zero attached hydrogens (tertiary/aromatic N) is 3. The highest BCUT2D eigenvalue weighted by molar-refractivity contribution is 14.0. The van der Waals surface area contributed by atoms with Gasteiger partial charge in [0.05, 0.1) is 7.11 Å². The number of pyridine rings is 1. The van der Waals surface area contributed by atoms with E-state index in [1.54, 1.807) is 20.4 Å². The molecule has 0 aliphatic carbocycles. The van der Waals surface area contributed by atoms with Crippen LogP contribution in [0, 0.1) is 0 Å². The van der Waals surface area contributed by atoms with Gasteiger partial charge in [-0.25, -0.2) is 4.98 Å². The maximum absolute atomic E-state index is 5.17. The molecule has 0 radical (unpaired) electrons. The lowest BCUT2D eigenvalue weighted by molar-refractivity contribution is 0.245. The third kappa shape index (κ3) is 6.63. The number of ether oxygens (including phenoxy) is 1. The summed E-state index contributed by atoms with van der Waals surface area (Å²) in [6.07, 6.45) is 4.23. The Labute approximate surface area is 184 Å². The molecule has 152 valence electrons. The summed E-state index contributed by atoms with van der Waals surface area (Å²) in [6.45, 7) is 3.74. The number of guanidine groups is 1. The Hall–Kier alpha value is -1.87. The van der Waals surface area contributed by atoms with E-state index < -0.39 is 0 Å². The van der Waals surface area contributed by atoms with E-state index in [2.05, 4.69) is 55.8 Å². The van der Waals surface area contributed by atoms with Crippen molar-refractivity contribution in [1.82, 2.24) is 20.5 Å². The molecule has 1 atom stereocenters. The lowest BCUT2D eigenvalue weighted by atomic mass is 10.2. The highest BCUT2D eigenvalue weighted by atomic mass is 127. The van der Waals surface area contributed by atoms with Crippen LogP contribution in [0.4, 0.5) is 0 Å². The number of hydrogen-bond acceptors (Lipinski definition) is 4. The summed E-state index contributed by atoms with van der Waals surface area (Å²) in [4.78, 5) is 11.0. The Bertz CT molecular complexity index is 741. The molecule has 1 aromatic carbocycles. The Balaban J connectivity index is 0.00000280. The van der Waals surface area contributed by atoms with Gasteiger partial charge < -0.3 is 15.4 Å². The Morgan fingerprint density at radius 1 is 1.21 bits per heavy atom. The normalized spacial score (nSPS) is 17.1. The van der Waals surface area contributed by atoms with Gasteiger partial charge in [-0.1, -0.05) is 30.3 Å². The maximum atomic E-state index is 5.17. The summed E-state index contributed by atoms with van der Waals surface area (Å²) >= 11 is 0. The Morgan fingerprint density at radius 2 is 2.04 bits per heavy atom. The van der Waals surface area contributed by atoms with Gasteiger partial charge in [0.2, 0.25) is 5.88 Å². The maximum Gasteiger partial charge on any atom is 0.213 e. The predicted octanol–water partition coefficient (Wildman–Crippen LogP) is 3.04. The van der Waals surface area contributed by atoms with Gasteiger partial charge >= 0.3 is 0 Å². The third-order valence-electron chi connectivity index (χ3n) is 4.92. The fraction of sp³-hybridized carbons (Fsp3) is 0.429. The van der Waals surface area contributed by atoms with Crippen molar-refractivity contribution < 1.29 is 4.74 Å². The molecular weight excluding hydrogens is 465 g/mol. The number of nitrogens with one attached hydrogen (secondary N) is 2. The van der Waals surface area contributed by atoms with Crippen LogP contribution < -0.4 is 15.4 Å². The summed E-state index contributed by atoms with van der Waals surface area (Å²) in [6, 6.07) is 15.1. The molecule has 2 N–H and O–H groups in total. The van der Waals surface area contributed by atoms with Crippen LogP contribution >= 0.6 is 24.0 Å². The van der Waals surface area contributed by atoms with E-state index in [1.807, 2.05) is 12.1 Å². The molecule has 3 rings (SSSR count). The second-order valence-electron chi connectivity index (χ2n) is 6.77. The minimum atomic E-state index is 0. The first-order valence-corrected chi connectivity index (χ1v) is 9.50. The summed E-state index contributed by atoms with van der Waals surface area (Å²) in [5.41, 5.74) is 2.48. The highest BCUT2D eigenvalue weighted by Crippen LogP contribution is 2.19. The lowest BCUT2D eigenvalue weighted by Gasteiger charge is -2.25. The van der Waals surface area contributed by atoms with E-state index >= 15 is 0 Å². The van der Waals surface area contributed by atoms with Crippen molar-refractivity contribution in [2.24, 2.45) is 4.99 Å². The molecule has 1 unspecified atom stereocenters. The first-order valence-electron chi connectivity index (χ1n) is 9.50. The molecule has 0 spiro atoms. The van der Waals surface area contributed by atoms with Crippen LogP contribution in [0.2, 0.25) is 0 Å². The number of benzene rings is 1. The summed E-state index contributed by atoms with van der Waals surface area (Å²) in [7, 11) is 3.43. The van der Waals surface area contributed by atoms with Gasteiger partial charge in [0.25, 0.3) is 0 Å². The van der Waals surface area contributed by atoms with E-state index in [0.717, 1.165) is 31.2 Å². The quantitative estimate of drug-likeness (QED) is 0.352. The third-order valence-corrected chi connectivity index (χ3v) is 4.92. The summed E-state index contributed by atoms with van der Waals surface area (Å²) < 4.78 is 5.17. The van der Waals surface area contributed by atoms with Gasteiger partial charge in [-0.15, -0.1) is 24.0 Å². The molecule has 1 saturated heterocycles. The van der Waals surface area contributed by atoms with Crippen molar-refractivity contribution in [1.29, 1.82) is 0 Å². The number of halogens is 1. The first-order chi connectivity index (χ1) is 13.3. The van der Waals surface area contributed by atoms with Crippen molar-refractivity contribution in [2.75, 3.05) is 27.2 Å². The van der Waals surface area contributed by atoms with Crippen molar-refractivity contribution >= 4 is 29.9 Å². The monoisotopic (exact) mass is 495 g/mol. The fourth-order valence-electron chi connectivity index (χ4n) is 3.45. The van der Waals surface area contributed by atoms with E-state index in [9.17, 15) is 0 Å². The van der Waals surface area contributed by atoms with Crippen molar-refractivity contribution in [3.05, 3.63) is 59.8 Å². The Kier molecular flexibility index (Phi) is 9.49. The SMILES string of the molecule is CN=C(NCc1ccnc(OC)c1)NCC1CCCN1Cc1ccccc1.I. The zero-order chi connectivity index (χ0) is 18.9. The molecule has 6 nitrogen and oxygen atoms in total. The minimum Gasteiger partial charge on any atom is -0.481 e. The van der Waals surface area contributed by atoms with E-state index in [1.165, 1.54) is 18.4 Å². The highest BCUT2D eigenvalue weighted by Gasteiger charge is 2.24. The van der Waals surface area contributed by atoms with Crippen LogP contribution in [0.5, 0.6) is 5.88 Å². The number of aromatic nitrogens is 1. The van der Waals surface area contributed by atoms with Crippen molar-refractivity contribution in [3.63, 3.8) is 0 Å². The van der Waals surface area contributed by atoms with Gasteiger partial charge in [0, 0.05) is 45.0 Å². The molecule has 1 fully saturated rings. The fourth-order valence-corrected chi connectivity index (χ4v) is 3.45. The van der Waals surface area contributed by atoms with Crippen LogP contribution in [0.1, 0.15) is 24.0 Å². The largest absolute Gasteiger partial charge is 0.481 e. The van der Waals surface area contributed by atoms with Crippen LogP contribution in [-0.2, 0) is 13.1 Å². The van der Waals surface area contributed by atoms with Gasteiger partial charge in [-0.3, -0.25) is 9.89 Å². The molecule has 1 aliphatic rings. The summed E-state index contributed by atoms with van der Waals surface area (Å²) in [5, 5.41) is 6.84. The number of rotatable bonds is 7. The molecule has 1 aromatic heterocycles. The smallest absolute Gasteiger partial charge is 0.213 e. The first kappa shape index (κ1) is 22.4. The molecule has 0 amide bonds. The number of methoxy groups -OCH3 is 1. The zero-order valence-electron chi connectivity index (χ0n) is 16.6. The van der Waals surface area contributed by atoms with Gasteiger partial charge in [-0.05, 0) is 36.6 Å². The van der Waals surface area contributed by atoms with Crippen LogP contribution in [-0.4, -0.2) is 49.1 Å². The van der Waals surface area contributed by atoms with E-state index in [4.69, 9.17) is 4.74 Å². The number of hydrogen-bond donors (Lipinski definition) is 2. The topological polar surface area (TPSA) is 61.8 Å². The molecule has 28 heavy (non-hydrogen) atoms. The van der Waals surface area contributed by atoms with Crippen LogP contribution in [0.3, 0.4) is 0 Å². The second kappa shape index (κ2) is 11.9. The van der Waals surface area contributed by atoms with Gasteiger partial charge in [-0.2, -0.15) is 0 Å². The molecule has 2 aromatic rings. The predicted molar refractivity (Wildman–Crippen MR) is 124 cm³/mol. The molecule has 0 bridgehead atoms. The minimum absolute atomic E-state index is 0. The molecule has 1 aliphatic heterocycles. The standard InChI is InChI=1S/C21H29N5O.HI/c1-22-21(24-14-18-10-11-23-20(13-18)27-2)25-15-19-9-6-12-26(19)16-17-7-4-3-5-8-17;/h3-5,7-8,10-11,13,19H,6,9,12,14-16H2,1-2H3,(H2,22,24,25);1H. The van der Waals surface area contributed by atoms with E-state index in [-0.39, 0.29) is 24.0 Å². The molecule has 7 heteroatoms. The Morgan fingerprint density at radius 3 is 2.79 bits per heavy atom. The number of aliphatic imine (C=N–C) groups is 1. The van der Waals surface area contributed by atoms with Gasteiger partial charge in [0.1, 0.15) is 0 Å². The molecular formula is C21H30IN5O. The van der Waals surface area contributed by atoms with Gasteiger partial charge in [0.15, 0.2) is 5.96 Å².